The van der Waals surface area contributed by atoms with Gasteiger partial charge in [0.1, 0.15) is 5.82 Å². The van der Waals surface area contributed by atoms with Crippen LogP contribution >= 0.6 is 0 Å². The molecule has 0 unspecified atom stereocenters. The number of amides is 1. The second-order valence-electron chi connectivity index (χ2n) is 5.86. The van der Waals surface area contributed by atoms with Gasteiger partial charge in [-0.15, -0.1) is 0 Å². The summed E-state index contributed by atoms with van der Waals surface area (Å²) in [5.74, 6) is -1.24. The van der Waals surface area contributed by atoms with Crippen LogP contribution in [0.15, 0.2) is 42.5 Å². The van der Waals surface area contributed by atoms with Gasteiger partial charge < -0.3 is 0 Å². The number of hydrogen-bond donors (Lipinski definition) is 0. The van der Waals surface area contributed by atoms with Gasteiger partial charge in [0.15, 0.2) is 0 Å². The van der Waals surface area contributed by atoms with Gasteiger partial charge in [0.25, 0.3) is 5.78 Å². The Hall–Kier alpha value is -2.53. The Bertz CT molecular complexity index is 771. The molecular weight excluding hydrogens is 295 g/mol. The summed E-state index contributed by atoms with van der Waals surface area (Å²) in [7, 11) is 1.85. The fourth-order valence-corrected chi connectivity index (χ4v) is 2.75. The SMILES string of the molecule is Cc1ccc2c(c1)C(=O)C(=O)N2CN(C)Cc1ccc(F)cc1. The van der Waals surface area contributed by atoms with E-state index in [9.17, 15) is 14.0 Å². The van der Waals surface area contributed by atoms with Crippen LogP contribution in [0.4, 0.5) is 10.1 Å². The summed E-state index contributed by atoms with van der Waals surface area (Å²) >= 11 is 0. The van der Waals surface area contributed by atoms with Gasteiger partial charge in [0, 0.05) is 6.54 Å². The van der Waals surface area contributed by atoms with Gasteiger partial charge in [-0.3, -0.25) is 19.4 Å². The largest absolute Gasteiger partial charge is 0.300 e. The maximum Gasteiger partial charge on any atom is 0.300 e. The molecule has 0 saturated heterocycles. The molecule has 0 radical (unpaired) electrons. The second kappa shape index (κ2) is 5.93. The highest BCUT2D eigenvalue weighted by atomic mass is 19.1. The van der Waals surface area contributed by atoms with E-state index in [1.807, 2.05) is 24.9 Å². The Balaban J connectivity index is 1.76. The average Bonchev–Trinajstić information content (AvgIpc) is 2.74. The number of nitrogens with zero attached hydrogens (tertiary/aromatic N) is 2. The minimum absolute atomic E-state index is 0.277. The van der Waals surface area contributed by atoms with Crippen LogP contribution in [0.2, 0.25) is 0 Å². The molecule has 0 fully saturated rings. The predicted octanol–water partition coefficient (Wildman–Crippen LogP) is 2.75. The van der Waals surface area contributed by atoms with Gasteiger partial charge in [0.2, 0.25) is 0 Å². The van der Waals surface area contributed by atoms with E-state index in [1.54, 1.807) is 24.3 Å². The summed E-state index contributed by atoms with van der Waals surface area (Å²) < 4.78 is 12.9. The first-order valence-corrected chi connectivity index (χ1v) is 7.35. The Kier molecular flexibility index (Phi) is 3.96. The van der Waals surface area contributed by atoms with E-state index < -0.39 is 11.7 Å². The molecule has 0 spiro atoms. The van der Waals surface area contributed by atoms with Crippen LogP contribution in [0.3, 0.4) is 0 Å². The van der Waals surface area contributed by atoms with Crippen molar-refractivity contribution in [1.29, 1.82) is 0 Å². The van der Waals surface area contributed by atoms with Gasteiger partial charge >= 0.3 is 5.91 Å². The molecule has 0 N–H and O–H groups in total. The number of carbonyl (C=O) groups excluding carboxylic acids is 2. The summed E-state index contributed by atoms with van der Waals surface area (Å²) in [5, 5.41) is 0. The van der Waals surface area contributed by atoms with Crippen LogP contribution in [-0.4, -0.2) is 30.3 Å². The molecule has 0 atom stereocenters. The molecule has 1 amide bonds. The van der Waals surface area contributed by atoms with Gasteiger partial charge in [-0.2, -0.15) is 0 Å². The van der Waals surface area contributed by atoms with E-state index in [-0.39, 0.29) is 5.82 Å². The normalized spacial score (nSPS) is 13.8. The lowest BCUT2D eigenvalue weighted by molar-refractivity contribution is -0.114. The van der Waals surface area contributed by atoms with Crippen LogP contribution in [-0.2, 0) is 11.3 Å². The molecule has 0 aliphatic carbocycles. The lowest BCUT2D eigenvalue weighted by Gasteiger charge is -2.24. The summed E-state index contributed by atoms with van der Waals surface area (Å²) in [4.78, 5) is 27.7. The standard InChI is InChI=1S/C18H17FN2O2/c1-12-3-8-16-15(9-12)17(22)18(23)21(16)11-20(2)10-13-4-6-14(19)7-5-13/h3-9H,10-11H2,1-2H3. The zero-order chi connectivity index (χ0) is 16.6. The van der Waals surface area contributed by atoms with Crippen molar-refractivity contribution in [3.8, 4) is 0 Å². The van der Waals surface area contributed by atoms with E-state index in [0.29, 0.717) is 24.5 Å². The molecule has 2 aromatic carbocycles. The fourth-order valence-electron chi connectivity index (χ4n) is 2.75. The van der Waals surface area contributed by atoms with Crippen LogP contribution < -0.4 is 4.90 Å². The van der Waals surface area contributed by atoms with Crippen LogP contribution in [0.25, 0.3) is 0 Å². The molecule has 23 heavy (non-hydrogen) atoms. The number of ketones is 1. The number of fused-ring (bicyclic) bond motifs is 1. The number of benzene rings is 2. The van der Waals surface area contributed by atoms with E-state index >= 15 is 0 Å². The van der Waals surface area contributed by atoms with E-state index in [4.69, 9.17) is 0 Å². The number of rotatable bonds is 4. The zero-order valence-electron chi connectivity index (χ0n) is 13.0. The monoisotopic (exact) mass is 312 g/mol. The van der Waals surface area contributed by atoms with E-state index in [1.165, 1.54) is 17.0 Å². The van der Waals surface area contributed by atoms with Crippen molar-refractivity contribution in [3.05, 3.63) is 65.0 Å². The molecule has 0 aromatic heterocycles. The fraction of sp³-hybridized carbons (Fsp3) is 0.222. The first-order chi connectivity index (χ1) is 11.0. The number of hydrogen-bond acceptors (Lipinski definition) is 3. The third-order valence-electron chi connectivity index (χ3n) is 3.88. The van der Waals surface area contributed by atoms with Crippen LogP contribution in [0, 0.1) is 12.7 Å². The van der Waals surface area contributed by atoms with Crippen molar-refractivity contribution in [2.75, 3.05) is 18.6 Å². The Morgan fingerprint density at radius 2 is 1.78 bits per heavy atom. The topological polar surface area (TPSA) is 40.6 Å². The molecule has 2 aromatic rings. The molecule has 3 rings (SSSR count). The molecule has 118 valence electrons. The number of anilines is 1. The summed E-state index contributed by atoms with van der Waals surface area (Å²) in [6.45, 7) is 2.75. The molecule has 1 aliphatic rings. The first kappa shape index (κ1) is 15.4. The van der Waals surface area contributed by atoms with Gasteiger partial charge in [0.05, 0.1) is 17.9 Å². The second-order valence-corrected chi connectivity index (χ2v) is 5.86. The lowest BCUT2D eigenvalue weighted by Crippen LogP contribution is -2.38. The van der Waals surface area contributed by atoms with E-state index in [0.717, 1.165) is 11.1 Å². The predicted molar refractivity (Wildman–Crippen MR) is 85.7 cm³/mol. The summed E-state index contributed by atoms with van der Waals surface area (Å²) in [6.07, 6.45) is 0. The van der Waals surface area contributed by atoms with Crippen molar-refractivity contribution in [2.24, 2.45) is 0 Å². The quantitative estimate of drug-likeness (QED) is 0.815. The third kappa shape index (κ3) is 3.00. The van der Waals surface area contributed by atoms with Crippen molar-refractivity contribution < 1.29 is 14.0 Å². The molecule has 0 saturated carbocycles. The minimum Gasteiger partial charge on any atom is -0.291 e. The maximum atomic E-state index is 12.9. The number of Topliss-reactive ketones (excluding diaryl/α,β-unsaturated/α-hetero) is 1. The average molecular weight is 312 g/mol. The minimum atomic E-state index is -0.503. The van der Waals surface area contributed by atoms with Gasteiger partial charge in [-0.25, -0.2) is 4.39 Å². The lowest BCUT2D eigenvalue weighted by atomic mass is 10.1. The number of halogens is 1. The molecule has 1 aliphatic heterocycles. The van der Waals surface area contributed by atoms with E-state index in [2.05, 4.69) is 0 Å². The molecular formula is C18H17FN2O2. The summed E-state index contributed by atoms with van der Waals surface area (Å²) in [6, 6.07) is 11.7. The van der Waals surface area contributed by atoms with Crippen molar-refractivity contribution in [1.82, 2.24) is 4.90 Å². The Morgan fingerprint density at radius 3 is 2.48 bits per heavy atom. The summed E-state index contributed by atoms with van der Waals surface area (Å²) in [5.41, 5.74) is 3.00. The molecule has 5 heteroatoms. The van der Waals surface area contributed by atoms with Crippen LogP contribution in [0.5, 0.6) is 0 Å². The number of aryl methyl sites for hydroxylation is 1. The van der Waals surface area contributed by atoms with Crippen molar-refractivity contribution in [2.45, 2.75) is 13.5 Å². The Labute approximate surface area is 134 Å². The first-order valence-electron chi connectivity index (χ1n) is 7.35. The van der Waals surface area contributed by atoms with Gasteiger partial charge in [-0.05, 0) is 43.8 Å². The highest BCUT2D eigenvalue weighted by Crippen LogP contribution is 2.29. The van der Waals surface area contributed by atoms with Crippen molar-refractivity contribution >= 4 is 17.4 Å². The third-order valence-corrected chi connectivity index (χ3v) is 3.88. The van der Waals surface area contributed by atoms with Crippen LogP contribution in [0.1, 0.15) is 21.5 Å². The molecule has 0 bridgehead atoms. The smallest absolute Gasteiger partial charge is 0.291 e. The molecule has 1 heterocycles. The van der Waals surface area contributed by atoms with Gasteiger partial charge in [-0.1, -0.05) is 23.8 Å². The highest BCUT2D eigenvalue weighted by Gasteiger charge is 2.36. The van der Waals surface area contributed by atoms with Crippen molar-refractivity contribution in [3.63, 3.8) is 0 Å². The Morgan fingerprint density at radius 1 is 1.09 bits per heavy atom. The zero-order valence-corrected chi connectivity index (χ0v) is 13.0. The maximum absolute atomic E-state index is 12.9. The molecule has 4 nitrogen and oxygen atoms in total. The highest BCUT2D eigenvalue weighted by molar-refractivity contribution is 6.52. The number of carbonyl (C=O) groups is 2.